The van der Waals surface area contributed by atoms with Gasteiger partial charge >= 0.3 is 0 Å². The van der Waals surface area contributed by atoms with Gasteiger partial charge in [0.15, 0.2) is 0 Å². The molecule has 0 bridgehead atoms. The summed E-state index contributed by atoms with van der Waals surface area (Å²) < 4.78 is 5.44. The predicted molar refractivity (Wildman–Crippen MR) is 77.9 cm³/mol. The molecule has 1 fully saturated rings. The molecule has 2 aliphatic rings. The Labute approximate surface area is 122 Å². The second-order valence-electron chi connectivity index (χ2n) is 5.22. The summed E-state index contributed by atoms with van der Waals surface area (Å²) in [7, 11) is 0. The van der Waals surface area contributed by atoms with Crippen molar-refractivity contribution < 1.29 is 9.53 Å². The van der Waals surface area contributed by atoms with Gasteiger partial charge < -0.3 is 9.64 Å². The summed E-state index contributed by atoms with van der Waals surface area (Å²) in [6, 6.07) is 6.34. The highest BCUT2D eigenvalue weighted by atomic mass is 79.9. The summed E-state index contributed by atoms with van der Waals surface area (Å²) in [5, 5.41) is 0.768. The molecular formula is C15H18BrNO2. The second-order valence-corrected chi connectivity index (χ2v) is 5.87. The van der Waals surface area contributed by atoms with Crippen LogP contribution in [0.3, 0.4) is 0 Å². The van der Waals surface area contributed by atoms with Crippen molar-refractivity contribution in [1.82, 2.24) is 4.90 Å². The van der Waals surface area contributed by atoms with Gasteiger partial charge in [-0.1, -0.05) is 22.0 Å². The third-order valence-corrected chi connectivity index (χ3v) is 4.76. The Morgan fingerprint density at radius 3 is 3.05 bits per heavy atom. The minimum absolute atomic E-state index is 0.141. The molecule has 0 spiro atoms. The number of morpholine rings is 1. The molecular weight excluding hydrogens is 306 g/mol. The standard InChI is InChI=1S/C15H18BrNO2/c16-9-14-10-19-7-6-17(14)15(18)13-5-4-11-2-1-3-12(11)8-13/h4-5,8,14H,1-3,6-7,9-10H2. The number of carbonyl (C=O) groups is 1. The molecule has 0 radical (unpaired) electrons. The monoisotopic (exact) mass is 323 g/mol. The van der Waals surface area contributed by atoms with Crippen molar-refractivity contribution >= 4 is 21.8 Å². The summed E-state index contributed by atoms with van der Waals surface area (Å²) in [5.41, 5.74) is 3.60. The van der Waals surface area contributed by atoms with E-state index in [9.17, 15) is 4.79 Å². The van der Waals surface area contributed by atoms with Crippen molar-refractivity contribution in [3.8, 4) is 0 Å². The lowest BCUT2D eigenvalue weighted by Crippen LogP contribution is -2.49. The highest BCUT2D eigenvalue weighted by molar-refractivity contribution is 9.09. The number of hydrogen-bond donors (Lipinski definition) is 0. The fourth-order valence-electron chi connectivity index (χ4n) is 2.92. The van der Waals surface area contributed by atoms with Gasteiger partial charge in [-0.2, -0.15) is 0 Å². The first-order valence-corrected chi connectivity index (χ1v) is 7.98. The van der Waals surface area contributed by atoms with E-state index in [1.54, 1.807) is 0 Å². The lowest BCUT2D eigenvalue weighted by molar-refractivity contribution is 0.00524. The molecule has 1 unspecified atom stereocenters. The third-order valence-electron chi connectivity index (χ3n) is 4.01. The average Bonchev–Trinajstić information content (AvgIpc) is 2.93. The van der Waals surface area contributed by atoms with Crippen LogP contribution in [-0.2, 0) is 17.6 Å². The molecule has 102 valence electrons. The Morgan fingerprint density at radius 1 is 1.37 bits per heavy atom. The Bertz CT molecular complexity index is 489. The van der Waals surface area contributed by atoms with Crippen LogP contribution in [0.2, 0.25) is 0 Å². The molecule has 3 nitrogen and oxygen atoms in total. The quantitative estimate of drug-likeness (QED) is 0.782. The van der Waals surface area contributed by atoms with E-state index >= 15 is 0 Å². The molecule has 0 saturated carbocycles. The molecule has 0 N–H and O–H groups in total. The van der Waals surface area contributed by atoms with E-state index in [0.29, 0.717) is 19.8 Å². The fourth-order valence-corrected chi connectivity index (χ4v) is 3.46. The summed E-state index contributed by atoms with van der Waals surface area (Å²) in [6.07, 6.45) is 3.49. The van der Waals surface area contributed by atoms with E-state index in [0.717, 1.165) is 23.7 Å². The van der Waals surface area contributed by atoms with Gasteiger partial charge in [-0.3, -0.25) is 4.79 Å². The summed E-state index contributed by atoms with van der Waals surface area (Å²) in [5.74, 6) is 0.141. The first-order valence-electron chi connectivity index (χ1n) is 6.86. The molecule has 1 aromatic carbocycles. The maximum Gasteiger partial charge on any atom is 0.254 e. The molecule has 0 aromatic heterocycles. The van der Waals surface area contributed by atoms with E-state index < -0.39 is 0 Å². The van der Waals surface area contributed by atoms with Crippen LogP contribution in [-0.4, -0.2) is 41.9 Å². The van der Waals surface area contributed by atoms with Crippen molar-refractivity contribution in [3.63, 3.8) is 0 Å². The number of carbonyl (C=O) groups excluding carboxylic acids is 1. The maximum absolute atomic E-state index is 12.6. The Balaban J connectivity index is 1.82. The van der Waals surface area contributed by atoms with E-state index in [1.165, 1.54) is 17.5 Å². The zero-order valence-corrected chi connectivity index (χ0v) is 12.5. The van der Waals surface area contributed by atoms with Crippen LogP contribution in [0, 0.1) is 0 Å². The van der Waals surface area contributed by atoms with E-state index in [2.05, 4.69) is 28.1 Å². The summed E-state index contributed by atoms with van der Waals surface area (Å²) in [4.78, 5) is 14.6. The van der Waals surface area contributed by atoms with Gasteiger partial charge in [-0.25, -0.2) is 0 Å². The van der Waals surface area contributed by atoms with Crippen molar-refractivity contribution in [1.29, 1.82) is 0 Å². The zero-order valence-electron chi connectivity index (χ0n) is 10.9. The summed E-state index contributed by atoms with van der Waals surface area (Å²) >= 11 is 3.47. The van der Waals surface area contributed by atoms with Gasteiger partial charge in [0.05, 0.1) is 19.3 Å². The van der Waals surface area contributed by atoms with Gasteiger partial charge in [-0.15, -0.1) is 0 Å². The van der Waals surface area contributed by atoms with Crippen LogP contribution in [0.4, 0.5) is 0 Å². The third kappa shape index (κ3) is 2.56. The minimum atomic E-state index is 0.141. The van der Waals surface area contributed by atoms with Gasteiger partial charge in [0.25, 0.3) is 5.91 Å². The number of rotatable bonds is 2. The first-order chi connectivity index (χ1) is 9.29. The molecule has 19 heavy (non-hydrogen) atoms. The molecule has 1 aliphatic carbocycles. The van der Waals surface area contributed by atoms with Gasteiger partial charge in [-0.05, 0) is 42.5 Å². The number of hydrogen-bond acceptors (Lipinski definition) is 2. The number of alkyl halides is 1. The zero-order chi connectivity index (χ0) is 13.2. The largest absolute Gasteiger partial charge is 0.377 e. The summed E-state index contributed by atoms with van der Waals surface area (Å²) in [6.45, 7) is 1.95. The fraction of sp³-hybridized carbons (Fsp3) is 0.533. The maximum atomic E-state index is 12.6. The van der Waals surface area contributed by atoms with Crippen LogP contribution in [0.5, 0.6) is 0 Å². The average molecular weight is 324 g/mol. The van der Waals surface area contributed by atoms with Gasteiger partial charge in [0.1, 0.15) is 0 Å². The van der Waals surface area contributed by atoms with Crippen LogP contribution >= 0.6 is 15.9 Å². The lowest BCUT2D eigenvalue weighted by Gasteiger charge is -2.34. The second kappa shape index (κ2) is 5.63. The molecule has 3 rings (SSSR count). The highest BCUT2D eigenvalue weighted by Gasteiger charge is 2.27. The molecule has 1 saturated heterocycles. The minimum Gasteiger partial charge on any atom is -0.377 e. The number of halogens is 1. The Hall–Kier alpha value is -0.870. The number of ether oxygens (including phenoxy) is 1. The van der Waals surface area contributed by atoms with Crippen LogP contribution in [0.25, 0.3) is 0 Å². The molecule has 1 aliphatic heterocycles. The molecule has 1 atom stereocenters. The number of aryl methyl sites for hydroxylation is 2. The molecule has 4 heteroatoms. The number of fused-ring (bicyclic) bond motifs is 1. The van der Waals surface area contributed by atoms with Gasteiger partial charge in [0.2, 0.25) is 0 Å². The molecule has 1 amide bonds. The normalized spacial score (nSPS) is 22.4. The van der Waals surface area contributed by atoms with Crippen molar-refractivity contribution in [3.05, 3.63) is 34.9 Å². The van der Waals surface area contributed by atoms with E-state index in [1.807, 2.05) is 11.0 Å². The van der Waals surface area contributed by atoms with Crippen LogP contribution in [0.1, 0.15) is 27.9 Å². The first kappa shape index (κ1) is 13.1. The van der Waals surface area contributed by atoms with Crippen molar-refractivity contribution in [2.24, 2.45) is 0 Å². The molecule has 1 aromatic rings. The van der Waals surface area contributed by atoms with Crippen LogP contribution < -0.4 is 0 Å². The van der Waals surface area contributed by atoms with Crippen LogP contribution in [0.15, 0.2) is 18.2 Å². The number of nitrogens with zero attached hydrogens (tertiary/aromatic N) is 1. The number of benzene rings is 1. The predicted octanol–water partition coefficient (Wildman–Crippen LogP) is 2.41. The lowest BCUT2D eigenvalue weighted by atomic mass is 10.0. The van der Waals surface area contributed by atoms with E-state index in [4.69, 9.17) is 4.74 Å². The topological polar surface area (TPSA) is 29.5 Å². The van der Waals surface area contributed by atoms with Crippen molar-refractivity contribution in [2.45, 2.75) is 25.3 Å². The smallest absolute Gasteiger partial charge is 0.254 e. The van der Waals surface area contributed by atoms with Crippen molar-refractivity contribution in [2.75, 3.05) is 25.1 Å². The SMILES string of the molecule is O=C(c1ccc2c(c1)CCC2)N1CCOCC1CBr. The van der Waals surface area contributed by atoms with Gasteiger partial charge in [0, 0.05) is 17.4 Å². The molecule has 1 heterocycles. The van der Waals surface area contributed by atoms with E-state index in [-0.39, 0.29) is 11.9 Å². The highest BCUT2D eigenvalue weighted by Crippen LogP contribution is 2.24. The Morgan fingerprint density at radius 2 is 2.21 bits per heavy atom. The Kier molecular flexibility index (Phi) is 3.89. The number of amides is 1.